The van der Waals surface area contributed by atoms with Crippen LogP contribution in [-0.4, -0.2) is 35.8 Å². The summed E-state index contributed by atoms with van der Waals surface area (Å²) in [5.74, 6) is 0.583. The third-order valence-electron chi connectivity index (χ3n) is 3.92. The minimum atomic E-state index is -0.483. The molecular weight excluding hydrogens is 309 g/mol. The molecule has 0 aliphatic carbocycles. The zero-order chi connectivity index (χ0) is 17.9. The molecule has 2 rings (SSSR count). The second-order valence-electron chi connectivity index (χ2n) is 7.59. The van der Waals surface area contributed by atoms with Crippen molar-refractivity contribution in [3.05, 3.63) is 29.6 Å². The van der Waals surface area contributed by atoms with Gasteiger partial charge in [-0.15, -0.1) is 0 Å². The number of likely N-dealkylation sites (tertiary alicyclic amines) is 1. The Balaban J connectivity index is 2.03. The number of hydrogen-bond acceptors (Lipinski definition) is 3. The number of ether oxygens (including phenoxy) is 2. The monoisotopic (exact) mass is 337 g/mol. The fraction of sp³-hybridized carbons (Fsp3) is 0.632. The van der Waals surface area contributed by atoms with Crippen LogP contribution in [0.15, 0.2) is 18.2 Å². The molecule has 1 aliphatic rings. The number of hydrogen-bond donors (Lipinski definition) is 0. The van der Waals surface area contributed by atoms with Crippen molar-refractivity contribution in [2.45, 2.75) is 65.1 Å². The molecule has 0 spiro atoms. The van der Waals surface area contributed by atoms with Gasteiger partial charge in [0.25, 0.3) is 0 Å². The van der Waals surface area contributed by atoms with Crippen molar-refractivity contribution < 1.29 is 18.7 Å². The Kier molecular flexibility index (Phi) is 5.73. The lowest BCUT2D eigenvalue weighted by Gasteiger charge is -2.34. The summed E-state index contributed by atoms with van der Waals surface area (Å²) < 4.78 is 24.7. The van der Waals surface area contributed by atoms with Gasteiger partial charge < -0.3 is 14.4 Å². The van der Waals surface area contributed by atoms with Crippen molar-refractivity contribution in [3.8, 4) is 5.75 Å². The lowest BCUT2D eigenvalue weighted by molar-refractivity contribution is 0.0204. The number of halogens is 1. The van der Waals surface area contributed by atoms with E-state index in [-0.39, 0.29) is 23.9 Å². The van der Waals surface area contributed by atoms with Gasteiger partial charge in [-0.1, -0.05) is 6.07 Å². The van der Waals surface area contributed by atoms with Crippen LogP contribution in [0.25, 0.3) is 0 Å². The Hall–Kier alpha value is -1.78. The predicted molar refractivity (Wildman–Crippen MR) is 91.9 cm³/mol. The summed E-state index contributed by atoms with van der Waals surface area (Å²) in [5.41, 5.74) is 0.539. The number of carbonyl (C=O) groups excluding carboxylic acids is 1. The molecule has 5 heteroatoms. The van der Waals surface area contributed by atoms with Crippen molar-refractivity contribution in [2.75, 3.05) is 13.1 Å². The van der Waals surface area contributed by atoms with Gasteiger partial charge in [0.05, 0.1) is 6.10 Å². The van der Waals surface area contributed by atoms with Gasteiger partial charge in [-0.2, -0.15) is 0 Å². The van der Waals surface area contributed by atoms with Crippen molar-refractivity contribution in [1.29, 1.82) is 0 Å². The molecule has 0 radical (unpaired) electrons. The maximum absolute atomic E-state index is 13.5. The fourth-order valence-electron chi connectivity index (χ4n) is 2.90. The fourth-order valence-corrected chi connectivity index (χ4v) is 2.90. The quantitative estimate of drug-likeness (QED) is 0.800. The molecule has 1 amide bonds. The van der Waals surface area contributed by atoms with Crippen LogP contribution in [0.4, 0.5) is 9.18 Å². The van der Waals surface area contributed by atoms with Gasteiger partial charge in [0.15, 0.2) is 0 Å². The molecule has 0 unspecified atom stereocenters. The number of nitrogens with zero attached hydrogens (tertiary/aromatic N) is 1. The molecular formula is C19H28FNO3. The molecule has 1 aromatic carbocycles. The topological polar surface area (TPSA) is 38.8 Å². The van der Waals surface area contributed by atoms with E-state index in [0.717, 1.165) is 18.4 Å². The summed E-state index contributed by atoms with van der Waals surface area (Å²) in [7, 11) is 0. The molecule has 1 fully saturated rings. The molecule has 24 heavy (non-hydrogen) atoms. The first-order chi connectivity index (χ1) is 11.2. The number of benzene rings is 1. The van der Waals surface area contributed by atoms with E-state index in [1.165, 1.54) is 12.1 Å². The van der Waals surface area contributed by atoms with E-state index in [2.05, 4.69) is 0 Å². The largest absolute Gasteiger partial charge is 0.491 e. The summed E-state index contributed by atoms with van der Waals surface area (Å²) in [5, 5.41) is 0. The Morgan fingerprint density at radius 2 is 1.88 bits per heavy atom. The Labute approximate surface area is 143 Å². The van der Waals surface area contributed by atoms with E-state index in [4.69, 9.17) is 9.47 Å². The van der Waals surface area contributed by atoms with Gasteiger partial charge in [0.2, 0.25) is 0 Å². The Bertz CT molecular complexity index is 572. The summed E-state index contributed by atoms with van der Waals surface area (Å²) in [6.45, 7) is 10.7. The standard InChI is InChI=1S/C19H28FNO3/c1-13(2)23-17-12-15(20)6-7-16(17)14-8-10-21(11-9-14)18(22)24-19(3,4)5/h6-7,12-14H,8-11H2,1-5H3. The van der Waals surface area contributed by atoms with Gasteiger partial charge in [0, 0.05) is 19.2 Å². The molecule has 0 aromatic heterocycles. The second-order valence-corrected chi connectivity index (χ2v) is 7.59. The van der Waals surface area contributed by atoms with Crippen molar-refractivity contribution in [2.24, 2.45) is 0 Å². The zero-order valence-corrected chi connectivity index (χ0v) is 15.3. The smallest absolute Gasteiger partial charge is 0.410 e. The summed E-state index contributed by atoms with van der Waals surface area (Å²) in [6.07, 6.45) is 1.37. The Morgan fingerprint density at radius 3 is 2.42 bits per heavy atom. The molecule has 4 nitrogen and oxygen atoms in total. The van der Waals surface area contributed by atoms with Crippen LogP contribution in [-0.2, 0) is 4.74 Å². The average molecular weight is 337 g/mol. The molecule has 1 aromatic rings. The summed E-state index contributed by atoms with van der Waals surface area (Å²) >= 11 is 0. The van der Waals surface area contributed by atoms with Gasteiger partial charge in [-0.05, 0) is 65.0 Å². The first-order valence-corrected chi connectivity index (χ1v) is 8.60. The van der Waals surface area contributed by atoms with Gasteiger partial charge >= 0.3 is 6.09 Å². The third-order valence-corrected chi connectivity index (χ3v) is 3.92. The molecule has 1 aliphatic heterocycles. The van der Waals surface area contributed by atoms with E-state index < -0.39 is 5.60 Å². The molecule has 0 atom stereocenters. The first-order valence-electron chi connectivity index (χ1n) is 8.60. The summed E-state index contributed by atoms with van der Waals surface area (Å²) in [4.78, 5) is 13.9. The van der Waals surface area contributed by atoms with Crippen molar-refractivity contribution >= 4 is 6.09 Å². The van der Waals surface area contributed by atoms with Crippen molar-refractivity contribution in [3.63, 3.8) is 0 Å². The highest BCUT2D eigenvalue weighted by atomic mass is 19.1. The van der Waals surface area contributed by atoms with E-state index in [1.807, 2.05) is 34.6 Å². The van der Waals surface area contributed by atoms with Gasteiger partial charge in [0.1, 0.15) is 17.2 Å². The van der Waals surface area contributed by atoms with Crippen LogP contribution in [0.5, 0.6) is 5.75 Å². The molecule has 0 N–H and O–H groups in total. The molecule has 1 saturated heterocycles. The minimum Gasteiger partial charge on any atom is -0.491 e. The highest BCUT2D eigenvalue weighted by molar-refractivity contribution is 5.68. The normalized spacial score (nSPS) is 16.4. The van der Waals surface area contributed by atoms with Crippen LogP contribution in [0.1, 0.15) is 58.9 Å². The van der Waals surface area contributed by atoms with E-state index in [1.54, 1.807) is 11.0 Å². The van der Waals surface area contributed by atoms with Gasteiger partial charge in [-0.25, -0.2) is 9.18 Å². The maximum atomic E-state index is 13.5. The lowest BCUT2D eigenvalue weighted by Crippen LogP contribution is -2.41. The van der Waals surface area contributed by atoms with Crippen LogP contribution in [0, 0.1) is 5.82 Å². The SMILES string of the molecule is CC(C)Oc1cc(F)ccc1C1CCN(C(=O)OC(C)(C)C)CC1. The van der Waals surface area contributed by atoms with Crippen LogP contribution >= 0.6 is 0 Å². The van der Waals surface area contributed by atoms with Crippen LogP contribution in [0.3, 0.4) is 0 Å². The molecule has 1 heterocycles. The number of amides is 1. The highest BCUT2D eigenvalue weighted by Gasteiger charge is 2.28. The maximum Gasteiger partial charge on any atom is 0.410 e. The predicted octanol–water partition coefficient (Wildman–Crippen LogP) is 4.73. The molecule has 0 saturated carbocycles. The van der Waals surface area contributed by atoms with Crippen molar-refractivity contribution in [1.82, 2.24) is 4.90 Å². The average Bonchev–Trinajstić information content (AvgIpc) is 2.45. The molecule has 134 valence electrons. The number of piperidine rings is 1. The first kappa shape index (κ1) is 18.6. The van der Waals surface area contributed by atoms with E-state index >= 15 is 0 Å². The van der Waals surface area contributed by atoms with E-state index in [9.17, 15) is 9.18 Å². The van der Waals surface area contributed by atoms with Crippen LogP contribution in [0.2, 0.25) is 0 Å². The molecule has 0 bridgehead atoms. The van der Waals surface area contributed by atoms with Crippen LogP contribution < -0.4 is 4.74 Å². The minimum absolute atomic E-state index is 0.00703. The number of carbonyl (C=O) groups is 1. The third kappa shape index (κ3) is 5.11. The lowest BCUT2D eigenvalue weighted by atomic mass is 9.89. The number of rotatable bonds is 3. The Morgan fingerprint density at radius 1 is 1.25 bits per heavy atom. The summed E-state index contributed by atoms with van der Waals surface area (Å²) in [6, 6.07) is 4.74. The van der Waals surface area contributed by atoms with Gasteiger partial charge in [-0.3, -0.25) is 0 Å². The van der Waals surface area contributed by atoms with E-state index in [0.29, 0.717) is 18.8 Å². The highest BCUT2D eigenvalue weighted by Crippen LogP contribution is 2.35. The second kappa shape index (κ2) is 7.41. The zero-order valence-electron chi connectivity index (χ0n) is 15.3.